The Labute approximate surface area is 131 Å². The number of nitrogens with one attached hydrogen (secondary N) is 1. The third-order valence-corrected chi connectivity index (χ3v) is 4.34. The second kappa shape index (κ2) is 6.58. The van der Waals surface area contributed by atoms with Crippen molar-refractivity contribution >= 4 is 11.3 Å². The van der Waals surface area contributed by atoms with Crippen molar-refractivity contribution in [1.82, 2.24) is 10.3 Å². The highest BCUT2D eigenvalue weighted by atomic mass is 32.1. The molecule has 2 aromatic rings. The summed E-state index contributed by atoms with van der Waals surface area (Å²) < 4.78 is 5.18. The van der Waals surface area contributed by atoms with Gasteiger partial charge in [0.25, 0.3) is 0 Å². The normalized spacial score (nSPS) is 13.2. The number of hydrogen-bond donors (Lipinski definition) is 1. The molecular formula is C17H24N2OS. The van der Waals surface area contributed by atoms with Crippen molar-refractivity contribution < 1.29 is 4.74 Å². The van der Waals surface area contributed by atoms with Crippen LogP contribution in [0.15, 0.2) is 29.6 Å². The molecule has 0 aliphatic rings. The van der Waals surface area contributed by atoms with E-state index in [0.29, 0.717) is 0 Å². The van der Waals surface area contributed by atoms with Crippen molar-refractivity contribution in [2.24, 2.45) is 0 Å². The van der Waals surface area contributed by atoms with Crippen molar-refractivity contribution in [3.05, 3.63) is 45.9 Å². The molecule has 1 heterocycles. The summed E-state index contributed by atoms with van der Waals surface area (Å²) in [4.78, 5) is 4.71. The first-order chi connectivity index (χ1) is 9.90. The summed E-state index contributed by atoms with van der Waals surface area (Å²) in [5, 5.41) is 6.83. The van der Waals surface area contributed by atoms with E-state index in [2.05, 4.69) is 50.5 Å². The van der Waals surface area contributed by atoms with Gasteiger partial charge in [-0.15, -0.1) is 11.3 Å². The highest BCUT2D eigenvalue weighted by molar-refractivity contribution is 7.09. The van der Waals surface area contributed by atoms with Crippen LogP contribution in [0.3, 0.4) is 0 Å². The second-order valence-electron chi connectivity index (χ2n) is 6.25. The lowest BCUT2D eigenvalue weighted by molar-refractivity contribution is 0.414. The predicted octanol–water partition coefficient (Wildman–Crippen LogP) is 4.30. The Morgan fingerprint density at radius 3 is 2.43 bits per heavy atom. The lowest BCUT2D eigenvalue weighted by Crippen LogP contribution is -2.18. The number of benzene rings is 1. The van der Waals surface area contributed by atoms with Crippen LogP contribution < -0.4 is 10.1 Å². The van der Waals surface area contributed by atoms with E-state index < -0.39 is 0 Å². The van der Waals surface area contributed by atoms with Crippen LogP contribution in [-0.2, 0) is 12.0 Å². The fourth-order valence-corrected chi connectivity index (χ4v) is 2.96. The summed E-state index contributed by atoms with van der Waals surface area (Å²) in [6.45, 7) is 9.55. The van der Waals surface area contributed by atoms with Crippen LogP contribution in [-0.4, -0.2) is 12.1 Å². The number of aromatic nitrogens is 1. The molecule has 0 amide bonds. The predicted molar refractivity (Wildman–Crippen MR) is 89.1 cm³/mol. The summed E-state index contributed by atoms with van der Waals surface area (Å²) in [5.41, 5.74) is 2.54. The average molecular weight is 304 g/mol. The van der Waals surface area contributed by atoms with Crippen molar-refractivity contribution in [2.45, 2.75) is 45.7 Å². The summed E-state index contributed by atoms with van der Waals surface area (Å²) in [7, 11) is 1.69. The van der Waals surface area contributed by atoms with Crippen LogP contribution in [0.25, 0.3) is 0 Å². The Morgan fingerprint density at radius 1 is 1.24 bits per heavy atom. The van der Waals surface area contributed by atoms with Gasteiger partial charge in [-0.05, 0) is 24.6 Å². The van der Waals surface area contributed by atoms with Gasteiger partial charge in [0.2, 0.25) is 0 Å². The maximum atomic E-state index is 5.18. The van der Waals surface area contributed by atoms with Crippen LogP contribution in [0, 0.1) is 0 Å². The van der Waals surface area contributed by atoms with Crippen molar-refractivity contribution in [1.29, 1.82) is 0 Å². The number of methoxy groups -OCH3 is 1. The van der Waals surface area contributed by atoms with Crippen LogP contribution in [0.4, 0.5) is 0 Å². The Kier molecular flexibility index (Phi) is 5.01. The standard InChI is InChI=1S/C17H24N2OS/c1-12(13-6-8-14(20-5)9-7-13)18-10-16-19-15(11-21-16)17(2,3)4/h6-9,11-12,18H,10H2,1-5H3/t12-/m1/s1. The topological polar surface area (TPSA) is 34.1 Å². The fraction of sp³-hybridized carbons (Fsp3) is 0.471. The van der Waals surface area contributed by atoms with E-state index in [9.17, 15) is 0 Å². The minimum Gasteiger partial charge on any atom is -0.497 e. The lowest BCUT2D eigenvalue weighted by atomic mass is 9.93. The number of ether oxygens (including phenoxy) is 1. The molecule has 1 aromatic carbocycles. The molecule has 1 atom stereocenters. The van der Waals surface area contributed by atoms with E-state index in [4.69, 9.17) is 9.72 Å². The maximum Gasteiger partial charge on any atom is 0.118 e. The van der Waals surface area contributed by atoms with Crippen LogP contribution in [0.1, 0.15) is 50.0 Å². The minimum atomic E-state index is 0.121. The molecule has 21 heavy (non-hydrogen) atoms. The Bertz CT molecular complexity index is 569. The van der Waals surface area contributed by atoms with Crippen molar-refractivity contribution in [3.63, 3.8) is 0 Å². The zero-order valence-electron chi connectivity index (χ0n) is 13.4. The lowest BCUT2D eigenvalue weighted by Gasteiger charge is -2.15. The van der Waals surface area contributed by atoms with E-state index in [1.807, 2.05) is 12.1 Å². The minimum absolute atomic E-state index is 0.121. The van der Waals surface area contributed by atoms with Gasteiger partial charge in [-0.25, -0.2) is 4.98 Å². The molecule has 0 radical (unpaired) electrons. The third kappa shape index (κ3) is 4.29. The number of thiazole rings is 1. The van der Waals surface area contributed by atoms with E-state index >= 15 is 0 Å². The SMILES string of the molecule is COc1ccc([C@@H](C)NCc2nc(C(C)(C)C)cs2)cc1. The molecule has 0 fully saturated rings. The first-order valence-corrected chi connectivity index (χ1v) is 8.10. The van der Waals surface area contributed by atoms with E-state index in [-0.39, 0.29) is 11.5 Å². The molecular weight excluding hydrogens is 280 g/mol. The largest absolute Gasteiger partial charge is 0.497 e. The average Bonchev–Trinajstić information content (AvgIpc) is 2.94. The highest BCUT2D eigenvalue weighted by Gasteiger charge is 2.17. The first kappa shape index (κ1) is 16.0. The van der Waals surface area contributed by atoms with E-state index in [0.717, 1.165) is 17.3 Å². The van der Waals surface area contributed by atoms with Gasteiger partial charge < -0.3 is 10.1 Å². The molecule has 0 saturated heterocycles. The van der Waals surface area contributed by atoms with E-state index in [1.165, 1.54) is 11.3 Å². The van der Waals surface area contributed by atoms with Gasteiger partial charge in [0.15, 0.2) is 0 Å². The monoisotopic (exact) mass is 304 g/mol. The molecule has 0 unspecified atom stereocenters. The van der Waals surface area contributed by atoms with Crippen LogP contribution in [0.2, 0.25) is 0 Å². The van der Waals surface area contributed by atoms with Gasteiger partial charge in [-0.1, -0.05) is 32.9 Å². The molecule has 1 N–H and O–H groups in total. The van der Waals surface area contributed by atoms with Gasteiger partial charge in [-0.2, -0.15) is 0 Å². The molecule has 0 bridgehead atoms. The van der Waals surface area contributed by atoms with E-state index in [1.54, 1.807) is 18.4 Å². The summed E-state index contributed by atoms with van der Waals surface area (Å²) in [5.74, 6) is 0.890. The molecule has 0 saturated carbocycles. The molecule has 0 spiro atoms. The maximum absolute atomic E-state index is 5.18. The summed E-state index contributed by atoms with van der Waals surface area (Å²) >= 11 is 1.73. The molecule has 3 nitrogen and oxygen atoms in total. The molecule has 4 heteroatoms. The first-order valence-electron chi connectivity index (χ1n) is 7.22. The second-order valence-corrected chi connectivity index (χ2v) is 7.19. The fourth-order valence-electron chi connectivity index (χ4n) is 1.99. The van der Waals surface area contributed by atoms with Crippen molar-refractivity contribution in [2.75, 3.05) is 7.11 Å². The van der Waals surface area contributed by atoms with Gasteiger partial charge >= 0.3 is 0 Å². The Balaban J connectivity index is 1.94. The van der Waals surface area contributed by atoms with Gasteiger partial charge in [0.1, 0.15) is 10.8 Å². The van der Waals surface area contributed by atoms with Crippen LogP contribution >= 0.6 is 11.3 Å². The molecule has 1 aromatic heterocycles. The molecule has 114 valence electrons. The Hall–Kier alpha value is -1.39. The van der Waals surface area contributed by atoms with Gasteiger partial charge in [-0.3, -0.25) is 0 Å². The van der Waals surface area contributed by atoms with Crippen molar-refractivity contribution in [3.8, 4) is 5.75 Å². The number of hydrogen-bond acceptors (Lipinski definition) is 4. The van der Waals surface area contributed by atoms with Crippen LogP contribution in [0.5, 0.6) is 5.75 Å². The summed E-state index contributed by atoms with van der Waals surface area (Å²) in [6, 6.07) is 8.47. The Morgan fingerprint density at radius 2 is 1.90 bits per heavy atom. The molecule has 0 aliphatic heterocycles. The zero-order valence-corrected chi connectivity index (χ0v) is 14.3. The summed E-state index contributed by atoms with van der Waals surface area (Å²) in [6.07, 6.45) is 0. The quantitative estimate of drug-likeness (QED) is 0.894. The smallest absolute Gasteiger partial charge is 0.118 e. The highest BCUT2D eigenvalue weighted by Crippen LogP contribution is 2.24. The molecule has 0 aliphatic carbocycles. The number of nitrogens with zero attached hydrogens (tertiary/aromatic N) is 1. The van der Waals surface area contributed by atoms with Gasteiger partial charge in [0.05, 0.1) is 12.8 Å². The van der Waals surface area contributed by atoms with Gasteiger partial charge in [0, 0.05) is 23.4 Å². The third-order valence-electron chi connectivity index (χ3n) is 3.50. The zero-order chi connectivity index (χ0) is 15.5. The molecule has 2 rings (SSSR count). The number of rotatable bonds is 5.